The Balaban J connectivity index is 1.54. The van der Waals surface area contributed by atoms with E-state index < -0.39 is 0 Å². The molecule has 0 saturated heterocycles. The molecule has 0 aliphatic carbocycles. The zero-order valence-electron chi connectivity index (χ0n) is 15.8. The van der Waals surface area contributed by atoms with Crippen molar-refractivity contribution < 1.29 is 9.53 Å². The summed E-state index contributed by atoms with van der Waals surface area (Å²) in [6, 6.07) is 19.3. The Bertz CT molecular complexity index is 1150. The fraction of sp³-hybridized carbons (Fsp3) is 0.130. The van der Waals surface area contributed by atoms with Crippen LogP contribution < -0.4 is 10.1 Å². The first-order chi connectivity index (χ1) is 13.6. The standard InChI is InChI=1S/C23H21N3O2/c1-16-7-5-9-18(13-16)28-15-22(27)24-20-11-4-3-10-19(20)21-14-26-12-6-8-17(2)23(26)25-21/h3-14H,15H2,1-2H3,(H,24,27). The molecule has 0 spiro atoms. The van der Waals surface area contributed by atoms with E-state index >= 15 is 0 Å². The highest BCUT2D eigenvalue weighted by Crippen LogP contribution is 2.28. The summed E-state index contributed by atoms with van der Waals surface area (Å²) in [5, 5.41) is 2.94. The largest absolute Gasteiger partial charge is 0.484 e. The SMILES string of the molecule is Cc1cccc(OCC(=O)Nc2ccccc2-c2cn3cccc(C)c3n2)c1. The van der Waals surface area contributed by atoms with Gasteiger partial charge in [-0.2, -0.15) is 0 Å². The summed E-state index contributed by atoms with van der Waals surface area (Å²) in [4.78, 5) is 17.2. The van der Waals surface area contributed by atoms with Crippen molar-refractivity contribution in [2.24, 2.45) is 0 Å². The van der Waals surface area contributed by atoms with E-state index in [9.17, 15) is 4.79 Å². The summed E-state index contributed by atoms with van der Waals surface area (Å²) in [7, 11) is 0. The van der Waals surface area contributed by atoms with Gasteiger partial charge in [-0.25, -0.2) is 4.98 Å². The van der Waals surface area contributed by atoms with Crippen LogP contribution in [0.1, 0.15) is 11.1 Å². The van der Waals surface area contributed by atoms with Crippen molar-refractivity contribution in [3.05, 3.63) is 84.2 Å². The van der Waals surface area contributed by atoms with Crippen LogP contribution in [0.3, 0.4) is 0 Å². The zero-order chi connectivity index (χ0) is 19.5. The quantitative estimate of drug-likeness (QED) is 0.556. The molecular formula is C23H21N3O2. The number of para-hydroxylation sites is 1. The Kier molecular flexibility index (Phi) is 4.81. The number of nitrogens with one attached hydrogen (secondary N) is 1. The van der Waals surface area contributed by atoms with Crippen LogP contribution in [-0.2, 0) is 4.79 Å². The third-order valence-corrected chi connectivity index (χ3v) is 4.51. The monoisotopic (exact) mass is 371 g/mol. The summed E-state index contributed by atoms with van der Waals surface area (Å²) in [6.45, 7) is 3.96. The maximum absolute atomic E-state index is 12.4. The Labute approximate surface area is 163 Å². The second kappa shape index (κ2) is 7.56. The minimum atomic E-state index is -0.214. The molecule has 1 N–H and O–H groups in total. The molecule has 2 heterocycles. The van der Waals surface area contributed by atoms with Gasteiger partial charge in [-0.15, -0.1) is 0 Å². The highest BCUT2D eigenvalue weighted by molar-refractivity contribution is 5.96. The van der Waals surface area contributed by atoms with Crippen molar-refractivity contribution in [2.45, 2.75) is 13.8 Å². The summed E-state index contributed by atoms with van der Waals surface area (Å²) in [6.07, 6.45) is 3.94. The lowest BCUT2D eigenvalue weighted by molar-refractivity contribution is -0.118. The van der Waals surface area contributed by atoms with Crippen LogP contribution >= 0.6 is 0 Å². The molecule has 2 aromatic heterocycles. The topological polar surface area (TPSA) is 55.6 Å². The Morgan fingerprint density at radius 1 is 1.07 bits per heavy atom. The number of ether oxygens (including phenoxy) is 1. The third kappa shape index (κ3) is 3.74. The number of aryl methyl sites for hydroxylation is 2. The van der Waals surface area contributed by atoms with Crippen LogP contribution in [0.4, 0.5) is 5.69 Å². The predicted octanol–water partition coefficient (Wildman–Crippen LogP) is 4.64. The third-order valence-electron chi connectivity index (χ3n) is 4.51. The minimum Gasteiger partial charge on any atom is -0.484 e. The number of pyridine rings is 1. The van der Waals surface area contributed by atoms with Gasteiger partial charge in [0.05, 0.1) is 11.4 Å². The molecule has 0 radical (unpaired) electrons. The van der Waals surface area contributed by atoms with Gasteiger partial charge in [0.25, 0.3) is 5.91 Å². The van der Waals surface area contributed by atoms with E-state index in [0.717, 1.165) is 28.0 Å². The van der Waals surface area contributed by atoms with Crippen molar-refractivity contribution >= 4 is 17.2 Å². The van der Waals surface area contributed by atoms with E-state index in [0.29, 0.717) is 11.4 Å². The van der Waals surface area contributed by atoms with Crippen molar-refractivity contribution in [1.29, 1.82) is 0 Å². The van der Waals surface area contributed by atoms with Gasteiger partial charge in [0.15, 0.2) is 6.61 Å². The average molecular weight is 371 g/mol. The highest BCUT2D eigenvalue weighted by atomic mass is 16.5. The molecule has 0 bridgehead atoms. The maximum atomic E-state index is 12.4. The van der Waals surface area contributed by atoms with Crippen LogP contribution in [0.25, 0.3) is 16.9 Å². The highest BCUT2D eigenvalue weighted by Gasteiger charge is 2.12. The number of hydrogen-bond acceptors (Lipinski definition) is 3. The van der Waals surface area contributed by atoms with E-state index in [-0.39, 0.29) is 12.5 Å². The number of aromatic nitrogens is 2. The molecule has 140 valence electrons. The normalized spacial score (nSPS) is 10.8. The van der Waals surface area contributed by atoms with Gasteiger partial charge >= 0.3 is 0 Å². The Morgan fingerprint density at radius 3 is 2.75 bits per heavy atom. The van der Waals surface area contributed by atoms with Crippen LogP contribution in [0, 0.1) is 13.8 Å². The number of imidazole rings is 1. The lowest BCUT2D eigenvalue weighted by Crippen LogP contribution is -2.20. The number of hydrogen-bond donors (Lipinski definition) is 1. The number of rotatable bonds is 5. The van der Waals surface area contributed by atoms with Crippen LogP contribution in [0.15, 0.2) is 73.1 Å². The molecule has 0 aliphatic rings. The zero-order valence-corrected chi connectivity index (χ0v) is 15.8. The molecule has 1 amide bonds. The molecular weight excluding hydrogens is 350 g/mol. The molecule has 4 aromatic rings. The molecule has 5 nitrogen and oxygen atoms in total. The van der Waals surface area contributed by atoms with E-state index in [1.807, 2.05) is 91.3 Å². The molecule has 0 aliphatic heterocycles. The summed E-state index contributed by atoms with van der Waals surface area (Å²) >= 11 is 0. The van der Waals surface area contributed by atoms with E-state index in [2.05, 4.69) is 5.32 Å². The summed E-state index contributed by atoms with van der Waals surface area (Å²) < 4.78 is 7.59. The Hall–Kier alpha value is -3.60. The van der Waals surface area contributed by atoms with Gasteiger partial charge in [0.2, 0.25) is 0 Å². The molecule has 0 saturated carbocycles. The average Bonchev–Trinajstić information content (AvgIpc) is 3.12. The molecule has 0 atom stereocenters. The molecule has 4 rings (SSSR count). The van der Waals surface area contributed by atoms with Crippen LogP contribution in [0.2, 0.25) is 0 Å². The summed E-state index contributed by atoms with van der Waals surface area (Å²) in [5.74, 6) is 0.466. The van der Waals surface area contributed by atoms with E-state index in [4.69, 9.17) is 9.72 Å². The summed E-state index contributed by atoms with van der Waals surface area (Å²) in [5.41, 5.74) is 5.48. The van der Waals surface area contributed by atoms with Gasteiger partial charge < -0.3 is 14.5 Å². The lowest BCUT2D eigenvalue weighted by Gasteiger charge is -2.10. The Morgan fingerprint density at radius 2 is 1.93 bits per heavy atom. The van der Waals surface area contributed by atoms with Crippen molar-refractivity contribution in [3.8, 4) is 17.0 Å². The van der Waals surface area contributed by atoms with Gasteiger partial charge in [0, 0.05) is 18.0 Å². The fourth-order valence-electron chi connectivity index (χ4n) is 3.14. The van der Waals surface area contributed by atoms with Crippen molar-refractivity contribution in [1.82, 2.24) is 9.38 Å². The molecule has 28 heavy (non-hydrogen) atoms. The van der Waals surface area contributed by atoms with Crippen LogP contribution in [-0.4, -0.2) is 21.9 Å². The maximum Gasteiger partial charge on any atom is 0.262 e. The number of amides is 1. The minimum absolute atomic E-state index is 0.0535. The first-order valence-electron chi connectivity index (χ1n) is 9.13. The van der Waals surface area contributed by atoms with Gasteiger partial charge in [-0.3, -0.25) is 4.79 Å². The number of carbonyl (C=O) groups is 1. The molecule has 5 heteroatoms. The number of carbonyl (C=O) groups excluding carboxylic acids is 1. The van der Waals surface area contributed by atoms with Crippen LogP contribution in [0.5, 0.6) is 5.75 Å². The molecule has 0 unspecified atom stereocenters. The first kappa shape index (κ1) is 17.8. The van der Waals surface area contributed by atoms with Gasteiger partial charge in [-0.1, -0.05) is 36.4 Å². The lowest BCUT2D eigenvalue weighted by atomic mass is 10.1. The number of fused-ring (bicyclic) bond motifs is 1. The second-order valence-corrected chi connectivity index (χ2v) is 6.75. The first-order valence-corrected chi connectivity index (χ1v) is 9.13. The number of anilines is 1. The fourth-order valence-corrected chi connectivity index (χ4v) is 3.14. The molecule has 0 fully saturated rings. The van der Waals surface area contributed by atoms with Gasteiger partial charge in [0.1, 0.15) is 11.4 Å². The van der Waals surface area contributed by atoms with Crippen molar-refractivity contribution in [3.63, 3.8) is 0 Å². The van der Waals surface area contributed by atoms with E-state index in [1.165, 1.54) is 0 Å². The predicted molar refractivity (Wildman–Crippen MR) is 111 cm³/mol. The smallest absolute Gasteiger partial charge is 0.262 e. The van der Waals surface area contributed by atoms with Crippen molar-refractivity contribution in [2.75, 3.05) is 11.9 Å². The van der Waals surface area contributed by atoms with E-state index in [1.54, 1.807) is 0 Å². The second-order valence-electron chi connectivity index (χ2n) is 6.75. The number of benzene rings is 2. The van der Waals surface area contributed by atoms with Gasteiger partial charge in [-0.05, 0) is 49.2 Å². The number of nitrogens with zero attached hydrogens (tertiary/aromatic N) is 2. The molecule has 2 aromatic carbocycles.